The van der Waals surface area contributed by atoms with Crippen LogP contribution in [0, 0.1) is 0 Å². The van der Waals surface area contributed by atoms with Gasteiger partial charge in [-0.05, 0) is 44.1 Å². The number of carboxylic acid groups (broad SMARTS) is 2. The van der Waals surface area contributed by atoms with Gasteiger partial charge < -0.3 is 15.3 Å². The Morgan fingerprint density at radius 2 is 1.32 bits per heavy atom. The molecule has 7 heteroatoms. The molecule has 0 aromatic carbocycles. The second kappa shape index (κ2) is 10.4. The van der Waals surface area contributed by atoms with E-state index in [1.807, 2.05) is 0 Å². The summed E-state index contributed by atoms with van der Waals surface area (Å²) < 4.78 is 0. The van der Waals surface area contributed by atoms with Gasteiger partial charge in [0.05, 0.1) is 17.1 Å². The molecule has 0 aliphatic rings. The molecule has 0 atom stereocenters. The highest BCUT2D eigenvalue weighted by molar-refractivity contribution is 8.00. The Labute approximate surface area is 122 Å². The van der Waals surface area contributed by atoms with Crippen LogP contribution in [0.2, 0.25) is 0 Å². The third kappa shape index (κ3) is 13.8. The van der Waals surface area contributed by atoms with Gasteiger partial charge in [-0.15, -0.1) is 0 Å². The monoisotopic (exact) mass is 310 g/mol. The lowest BCUT2D eigenvalue weighted by atomic mass is 9.95. The number of carbonyl (C=O) groups is 2. The smallest absolute Gasteiger partial charge is 0.313 e. The normalized spacial score (nSPS) is 11.5. The van der Waals surface area contributed by atoms with Crippen LogP contribution in [0.25, 0.3) is 0 Å². The summed E-state index contributed by atoms with van der Waals surface area (Å²) in [4.78, 5) is 20.6. The maximum atomic E-state index is 10.3. The van der Waals surface area contributed by atoms with Crippen molar-refractivity contribution in [2.45, 2.75) is 38.2 Å². The van der Waals surface area contributed by atoms with E-state index < -0.39 is 17.5 Å². The molecule has 0 rings (SSSR count). The summed E-state index contributed by atoms with van der Waals surface area (Å²) in [7, 11) is 0. The molecular weight excluding hydrogens is 288 g/mol. The Morgan fingerprint density at radius 3 is 1.63 bits per heavy atom. The van der Waals surface area contributed by atoms with Gasteiger partial charge in [-0.1, -0.05) is 0 Å². The van der Waals surface area contributed by atoms with Crippen LogP contribution in [0.15, 0.2) is 0 Å². The van der Waals surface area contributed by atoms with Crippen LogP contribution in [0.1, 0.15) is 32.6 Å². The lowest BCUT2D eigenvalue weighted by molar-refractivity contribution is -0.134. The topological polar surface area (TPSA) is 94.8 Å². The van der Waals surface area contributed by atoms with E-state index in [1.54, 1.807) is 6.92 Å². The molecule has 0 fully saturated rings. The average molecular weight is 310 g/mol. The minimum Gasteiger partial charge on any atom is -0.481 e. The van der Waals surface area contributed by atoms with Gasteiger partial charge in [0.2, 0.25) is 0 Å². The summed E-state index contributed by atoms with van der Waals surface area (Å²) in [5, 5.41) is 27.0. The zero-order valence-electron chi connectivity index (χ0n) is 11.1. The van der Waals surface area contributed by atoms with Gasteiger partial charge in [0.1, 0.15) is 0 Å². The third-order valence-corrected chi connectivity index (χ3v) is 4.52. The Balaban J connectivity index is 3.51. The van der Waals surface area contributed by atoms with Crippen molar-refractivity contribution in [2.24, 2.45) is 0 Å². The molecule has 112 valence electrons. The molecule has 0 aliphatic heterocycles. The van der Waals surface area contributed by atoms with E-state index in [9.17, 15) is 14.7 Å². The molecule has 0 aromatic rings. The van der Waals surface area contributed by atoms with E-state index in [-0.39, 0.29) is 11.5 Å². The number of aliphatic carboxylic acids is 2. The Morgan fingerprint density at radius 1 is 0.947 bits per heavy atom. The van der Waals surface area contributed by atoms with Crippen LogP contribution in [-0.4, -0.2) is 55.9 Å². The summed E-state index contributed by atoms with van der Waals surface area (Å²) in [6, 6.07) is 0. The highest BCUT2D eigenvalue weighted by Crippen LogP contribution is 2.21. The van der Waals surface area contributed by atoms with Crippen molar-refractivity contribution in [1.82, 2.24) is 0 Å². The number of aliphatic hydroxyl groups is 1. The standard InChI is InChI=1S/C12H22O5S2/c1-12(17,4-2-6-18-8-10(13)14)5-3-7-19-9-11(15)16/h17H,2-9H2,1H3,(H,13,14)(H,15,16). The number of rotatable bonds is 12. The molecule has 19 heavy (non-hydrogen) atoms. The van der Waals surface area contributed by atoms with E-state index >= 15 is 0 Å². The van der Waals surface area contributed by atoms with Gasteiger partial charge in [0, 0.05) is 0 Å². The molecule has 0 amide bonds. The summed E-state index contributed by atoms with van der Waals surface area (Å²) in [5.41, 5.74) is -0.742. The van der Waals surface area contributed by atoms with E-state index in [0.717, 1.165) is 24.3 Å². The Kier molecular flexibility index (Phi) is 10.2. The first kappa shape index (κ1) is 18.6. The van der Waals surface area contributed by atoms with Gasteiger partial charge in [-0.3, -0.25) is 9.59 Å². The van der Waals surface area contributed by atoms with Crippen molar-refractivity contribution in [3.63, 3.8) is 0 Å². The van der Waals surface area contributed by atoms with Gasteiger partial charge in [-0.25, -0.2) is 0 Å². The van der Waals surface area contributed by atoms with Crippen LogP contribution in [0.4, 0.5) is 0 Å². The zero-order valence-corrected chi connectivity index (χ0v) is 12.8. The van der Waals surface area contributed by atoms with Gasteiger partial charge in [0.15, 0.2) is 0 Å². The van der Waals surface area contributed by atoms with Crippen molar-refractivity contribution in [2.75, 3.05) is 23.0 Å². The fraction of sp³-hybridized carbons (Fsp3) is 0.833. The van der Waals surface area contributed by atoms with Crippen molar-refractivity contribution in [3.05, 3.63) is 0 Å². The van der Waals surface area contributed by atoms with E-state index in [0.29, 0.717) is 12.8 Å². The fourth-order valence-electron chi connectivity index (χ4n) is 1.55. The molecule has 0 bridgehead atoms. The van der Waals surface area contributed by atoms with Crippen LogP contribution in [-0.2, 0) is 9.59 Å². The summed E-state index contributed by atoms with van der Waals surface area (Å²) >= 11 is 2.71. The van der Waals surface area contributed by atoms with Crippen LogP contribution < -0.4 is 0 Å². The molecule has 0 spiro atoms. The largest absolute Gasteiger partial charge is 0.481 e. The first-order valence-corrected chi connectivity index (χ1v) is 8.46. The van der Waals surface area contributed by atoms with Crippen molar-refractivity contribution < 1.29 is 24.9 Å². The molecule has 5 nitrogen and oxygen atoms in total. The highest BCUT2D eigenvalue weighted by Gasteiger charge is 2.19. The van der Waals surface area contributed by atoms with Crippen molar-refractivity contribution in [3.8, 4) is 0 Å². The van der Waals surface area contributed by atoms with Crippen molar-refractivity contribution in [1.29, 1.82) is 0 Å². The molecule has 0 aromatic heterocycles. The second-order valence-electron chi connectivity index (χ2n) is 4.60. The minimum atomic E-state index is -0.813. The maximum absolute atomic E-state index is 10.3. The quantitative estimate of drug-likeness (QED) is 0.474. The number of hydrogen-bond donors (Lipinski definition) is 3. The first-order valence-electron chi connectivity index (χ1n) is 6.15. The molecule has 0 unspecified atom stereocenters. The molecule has 0 saturated carbocycles. The van der Waals surface area contributed by atoms with Crippen LogP contribution in [0.3, 0.4) is 0 Å². The molecular formula is C12H22O5S2. The molecule has 0 aliphatic carbocycles. The zero-order chi connectivity index (χ0) is 14.7. The van der Waals surface area contributed by atoms with E-state index in [4.69, 9.17) is 10.2 Å². The predicted molar refractivity (Wildman–Crippen MR) is 79.0 cm³/mol. The van der Waals surface area contributed by atoms with E-state index in [2.05, 4.69) is 0 Å². The van der Waals surface area contributed by atoms with Crippen LogP contribution >= 0.6 is 23.5 Å². The average Bonchev–Trinajstić information content (AvgIpc) is 2.27. The second-order valence-corrected chi connectivity index (χ2v) is 6.81. The number of carboxylic acids is 2. The van der Waals surface area contributed by atoms with E-state index in [1.165, 1.54) is 23.5 Å². The lowest BCUT2D eigenvalue weighted by Gasteiger charge is -2.22. The predicted octanol–water partition coefficient (Wildman–Crippen LogP) is 1.93. The Bertz CT molecular complexity index is 255. The van der Waals surface area contributed by atoms with Gasteiger partial charge in [-0.2, -0.15) is 23.5 Å². The first-order chi connectivity index (χ1) is 8.83. The molecule has 0 saturated heterocycles. The molecule has 0 heterocycles. The third-order valence-electron chi connectivity index (χ3n) is 2.46. The SMILES string of the molecule is CC(O)(CCCSCC(=O)O)CCCSCC(=O)O. The maximum Gasteiger partial charge on any atom is 0.313 e. The highest BCUT2D eigenvalue weighted by atomic mass is 32.2. The summed E-state index contributed by atoms with van der Waals surface area (Å²) in [6.45, 7) is 1.77. The van der Waals surface area contributed by atoms with Gasteiger partial charge >= 0.3 is 11.9 Å². The minimum absolute atomic E-state index is 0.105. The molecule has 3 N–H and O–H groups in total. The Hall–Kier alpha value is -0.400. The summed E-state index contributed by atoms with van der Waals surface area (Å²) in [6.07, 6.45) is 2.85. The van der Waals surface area contributed by atoms with Crippen LogP contribution in [0.5, 0.6) is 0 Å². The summed E-state index contributed by atoms with van der Waals surface area (Å²) in [5.74, 6) is 0.0494. The molecule has 0 radical (unpaired) electrons. The fourth-order valence-corrected chi connectivity index (χ4v) is 2.89. The van der Waals surface area contributed by atoms with Crippen molar-refractivity contribution >= 4 is 35.5 Å². The number of hydrogen-bond acceptors (Lipinski definition) is 5. The van der Waals surface area contributed by atoms with Gasteiger partial charge in [0.25, 0.3) is 0 Å². The lowest BCUT2D eigenvalue weighted by Crippen LogP contribution is -2.24. The number of thioether (sulfide) groups is 2.